The van der Waals surface area contributed by atoms with Gasteiger partial charge in [-0.05, 0) is 58.4 Å². The summed E-state index contributed by atoms with van der Waals surface area (Å²) < 4.78 is 15.4. The zero-order chi connectivity index (χ0) is 24.9. The lowest BCUT2D eigenvalue weighted by molar-refractivity contribution is -0.159. The van der Waals surface area contributed by atoms with Crippen molar-refractivity contribution in [3.63, 3.8) is 0 Å². The SMILES string of the molecule is CCCCCC=CCC=CCCCCCCC(CCC)C(=O)OCOC(=O)OC1CCN(C)C1. The Hall–Kier alpha value is -1.82. The maximum absolute atomic E-state index is 12.4. The summed E-state index contributed by atoms with van der Waals surface area (Å²) >= 11 is 0. The maximum atomic E-state index is 12.4. The van der Waals surface area contributed by atoms with Gasteiger partial charge in [0.05, 0.1) is 5.92 Å². The van der Waals surface area contributed by atoms with Crippen molar-refractivity contribution < 1.29 is 23.8 Å². The molecule has 1 fully saturated rings. The second-order valence-corrected chi connectivity index (χ2v) is 9.42. The summed E-state index contributed by atoms with van der Waals surface area (Å²) in [5.74, 6) is -0.405. The molecule has 2 atom stereocenters. The Kier molecular flexibility index (Phi) is 18.3. The molecule has 1 heterocycles. The number of rotatable bonds is 19. The molecule has 0 N–H and O–H groups in total. The first kappa shape index (κ1) is 30.2. The largest absolute Gasteiger partial charge is 0.511 e. The van der Waals surface area contributed by atoms with Crippen LogP contribution in [0.15, 0.2) is 24.3 Å². The summed E-state index contributed by atoms with van der Waals surface area (Å²) in [7, 11) is 1.98. The second kappa shape index (κ2) is 20.5. The molecule has 0 bridgehead atoms. The summed E-state index contributed by atoms with van der Waals surface area (Å²) in [6.07, 6.45) is 23.3. The van der Waals surface area contributed by atoms with E-state index in [1.807, 2.05) is 7.05 Å². The van der Waals surface area contributed by atoms with Gasteiger partial charge in [-0.2, -0.15) is 0 Å². The molecular weight excluding hydrogens is 430 g/mol. The van der Waals surface area contributed by atoms with Crippen LogP contribution in [0.4, 0.5) is 4.79 Å². The van der Waals surface area contributed by atoms with Gasteiger partial charge in [0, 0.05) is 13.1 Å². The molecule has 0 aliphatic carbocycles. The number of carbonyl (C=O) groups excluding carboxylic acids is 2. The van der Waals surface area contributed by atoms with E-state index in [2.05, 4.69) is 43.1 Å². The molecule has 6 nitrogen and oxygen atoms in total. The fraction of sp³-hybridized carbons (Fsp3) is 0.786. The van der Waals surface area contributed by atoms with Gasteiger partial charge in [0.1, 0.15) is 6.10 Å². The second-order valence-electron chi connectivity index (χ2n) is 9.42. The minimum atomic E-state index is -0.766. The minimum Gasteiger partial charge on any atom is -0.429 e. The summed E-state index contributed by atoms with van der Waals surface area (Å²) in [5, 5.41) is 0. The molecule has 0 aromatic rings. The number of carbonyl (C=O) groups is 2. The Morgan fingerprint density at radius 1 is 0.882 bits per heavy atom. The fourth-order valence-corrected chi connectivity index (χ4v) is 4.17. The molecule has 196 valence electrons. The number of likely N-dealkylation sites (N-methyl/N-ethyl adjacent to an activating group) is 1. The third-order valence-electron chi connectivity index (χ3n) is 6.21. The predicted molar refractivity (Wildman–Crippen MR) is 138 cm³/mol. The van der Waals surface area contributed by atoms with Crippen molar-refractivity contribution in [3.8, 4) is 0 Å². The molecule has 6 heteroatoms. The van der Waals surface area contributed by atoms with E-state index >= 15 is 0 Å². The van der Waals surface area contributed by atoms with Crippen molar-refractivity contribution in [1.29, 1.82) is 0 Å². The zero-order valence-corrected chi connectivity index (χ0v) is 22.0. The molecule has 0 saturated carbocycles. The van der Waals surface area contributed by atoms with Gasteiger partial charge in [-0.1, -0.05) is 76.7 Å². The van der Waals surface area contributed by atoms with E-state index in [0.717, 1.165) is 57.9 Å². The topological polar surface area (TPSA) is 65.1 Å². The molecule has 0 spiro atoms. The van der Waals surface area contributed by atoms with Crippen LogP contribution >= 0.6 is 0 Å². The highest BCUT2D eigenvalue weighted by Crippen LogP contribution is 2.18. The number of nitrogens with zero attached hydrogens (tertiary/aromatic N) is 1. The molecule has 2 unspecified atom stereocenters. The number of ether oxygens (including phenoxy) is 3. The highest BCUT2D eigenvalue weighted by molar-refractivity contribution is 5.72. The molecular formula is C28H49NO5. The molecule has 0 aromatic carbocycles. The maximum Gasteiger partial charge on any atom is 0.511 e. The first-order chi connectivity index (χ1) is 16.6. The van der Waals surface area contributed by atoms with Gasteiger partial charge in [-0.3, -0.25) is 4.79 Å². The van der Waals surface area contributed by atoms with Crippen LogP contribution in [0.5, 0.6) is 0 Å². The lowest BCUT2D eigenvalue weighted by Crippen LogP contribution is -2.24. The molecule has 34 heavy (non-hydrogen) atoms. The third-order valence-corrected chi connectivity index (χ3v) is 6.21. The Balaban J connectivity index is 2.06. The summed E-state index contributed by atoms with van der Waals surface area (Å²) in [6, 6.07) is 0. The molecule has 0 radical (unpaired) electrons. The zero-order valence-electron chi connectivity index (χ0n) is 22.0. The van der Waals surface area contributed by atoms with E-state index < -0.39 is 6.16 Å². The Labute approximate surface area is 208 Å². The molecule has 0 aromatic heterocycles. The Morgan fingerprint density at radius 2 is 1.59 bits per heavy atom. The molecule has 1 saturated heterocycles. The van der Waals surface area contributed by atoms with Gasteiger partial charge in [0.2, 0.25) is 6.79 Å². The number of esters is 1. The molecule has 0 amide bonds. The lowest BCUT2D eigenvalue weighted by atomic mass is 9.96. The number of unbranched alkanes of at least 4 members (excludes halogenated alkanes) is 7. The third kappa shape index (κ3) is 15.9. The highest BCUT2D eigenvalue weighted by atomic mass is 16.8. The van der Waals surface area contributed by atoms with Crippen LogP contribution in [0.25, 0.3) is 0 Å². The summed E-state index contributed by atoms with van der Waals surface area (Å²) in [5.41, 5.74) is 0. The first-order valence-corrected chi connectivity index (χ1v) is 13.5. The van der Waals surface area contributed by atoms with Gasteiger partial charge in [0.25, 0.3) is 0 Å². The van der Waals surface area contributed by atoms with E-state index in [9.17, 15) is 9.59 Å². The van der Waals surface area contributed by atoms with Crippen molar-refractivity contribution in [2.75, 3.05) is 26.9 Å². The quantitative estimate of drug-likeness (QED) is 0.0846. The summed E-state index contributed by atoms with van der Waals surface area (Å²) in [6.45, 7) is 5.54. The average molecular weight is 480 g/mol. The number of hydrogen-bond donors (Lipinski definition) is 0. The molecule has 1 aliphatic heterocycles. The molecule has 1 rings (SSSR count). The van der Waals surface area contributed by atoms with E-state index in [4.69, 9.17) is 14.2 Å². The lowest BCUT2D eigenvalue weighted by Gasteiger charge is -2.16. The van der Waals surface area contributed by atoms with E-state index in [1.165, 1.54) is 38.5 Å². The normalized spacial score (nSPS) is 17.4. The van der Waals surface area contributed by atoms with Gasteiger partial charge in [0.15, 0.2) is 0 Å². The van der Waals surface area contributed by atoms with Crippen molar-refractivity contribution in [2.45, 2.75) is 110 Å². The van der Waals surface area contributed by atoms with Crippen LogP contribution in [-0.2, 0) is 19.0 Å². The molecule has 1 aliphatic rings. The van der Waals surface area contributed by atoms with Crippen LogP contribution in [0.1, 0.15) is 104 Å². The van der Waals surface area contributed by atoms with Crippen LogP contribution in [0.2, 0.25) is 0 Å². The van der Waals surface area contributed by atoms with E-state index in [1.54, 1.807) is 0 Å². The van der Waals surface area contributed by atoms with Gasteiger partial charge < -0.3 is 19.1 Å². The minimum absolute atomic E-state index is 0.128. The van der Waals surface area contributed by atoms with E-state index in [-0.39, 0.29) is 24.8 Å². The van der Waals surface area contributed by atoms with Crippen LogP contribution < -0.4 is 0 Å². The average Bonchev–Trinajstić information content (AvgIpc) is 3.22. The smallest absolute Gasteiger partial charge is 0.429 e. The Bertz CT molecular complexity index is 589. The van der Waals surface area contributed by atoms with Crippen molar-refractivity contribution in [2.24, 2.45) is 5.92 Å². The summed E-state index contributed by atoms with van der Waals surface area (Å²) in [4.78, 5) is 26.2. The number of likely N-dealkylation sites (tertiary alicyclic amines) is 1. The van der Waals surface area contributed by atoms with E-state index in [0.29, 0.717) is 6.54 Å². The standard InChI is InChI=1S/C28H49NO5/c1-4-6-7-8-9-10-11-12-13-14-15-16-17-18-20-25(19-5-2)27(30)32-24-33-28(31)34-26-21-22-29(3)23-26/h9-10,12-13,25-26H,4-8,11,14-24H2,1-3H3. The Morgan fingerprint density at radius 3 is 2.24 bits per heavy atom. The highest BCUT2D eigenvalue weighted by Gasteiger charge is 2.24. The monoisotopic (exact) mass is 479 g/mol. The number of hydrogen-bond acceptors (Lipinski definition) is 6. The number of allylic oxidation sites excluding steroid dienone is 4. The van der Waals surface area contributed by atoms with Crippen molar-refractivity contribution in [1.82, 2.24) is 4.90 Å². The van der Waals surface area contributed by atoms with Crippen LogP contribution in [0.3, 0.4) is 0 Å². The van der Waals surface area contributed by atoms with Crippen LogP contribution in [0, 0.1) is 5.92 Å². The van der Waals surface area contributed by atoms with Crippen LogP contribution in [-0.4, -0.2) is 50.1 Å². The van der Waals surface area contributed by atoms with Crippen molar-refractivity contribution in [3.05, 3.63) is 24.3 Å². The van der Waals surface area contributed by atoms with Gasteiger partial charge >= 0.3 is 12.1 Å². The fourth-order valence-electron chi connectivity index (χ4n) is 4.17. The first-order valence-electron chi connectivity index (χ1n) is 13.5. The van der Waals surface area contributed by atoms with Crippen molar-refractivity contribution >= 4 is 12.1 Å². The predicted octanol–water partition coefficient (Wildman–Crippen LogP) is 7.18. The van der Waals surface area contributed by atoms with Gasteiger partial charge in [-0.25, -0.2) is 4.79 Å². The van der Waals surface area contributed by atoms with Gasteiger partial charge in [-0.15, -0.1) is 0 Å².